The molecule has 1 unspecified atom stereocenters. The van der Waals surface area contributed by atoms with Gasteiger partial charge in [-0.25, -0.2) is 8.42 Å². The van der Waals surface area contributed by atoms with E-state index in [-0.39, 0.29) is 28.2 Å². The Morgan fingerprint density at radius 1 is 1.06 bits per heavy atom. The highest BCUT2D eigenvalue weighted by Gasteiger charge is 2.26. The number of nitrogens with zero attached hydrogens (tertiary/aromatic N) is 2. The van der Waals surface area contributed by atoms with E-state index in [4.69, 9.17) is 4.74 Å². The molecule has 1 aliphatic heterocycles. The summed E-state index contributed by atoms with van der Waals surface area (Å²) < 4.78 is 34.4. The quantitative estimate of drug-likeness (QED) is 0.520. The molecule has 1 saturated heterocycles. The molecular weight excluding hydrogens is 450 g/mol. The van der Waals surface area contributed by atoms with Crippen LogP contribution < -0.4 is 4.72 Å². The molecule has 0 aliphatic carbocycles. The fraction of sp³-hybridized carbons (Fsp3) is 0.308. The molecule has 0 bridgehead atoms. The maximum atomic E-state index is 13.7. The first-order valence-corrected chi connectivity index (χ1v) is 12.8. The summed E-state index contributed by atoms with van der Waals surface area (Å²) in [6, 6.07) is 19.0. The minimum absolute atomic E-state index is 0.0508. The van der Waals surface area contributed by atoms with Gasteiger partial charge in [-0.05, 0) is 63.1 Å². The third-order valence-electron chi connectivity index (χ3n) is 5.77. The van der Waals surface area contributed by atoms with E-state index in [0.717, 1.165) is 29.8 Å². The summed E-state index contributed by atoms with van der Waals surface area (Å²) >= 11 is 0. The van der Waals surface area contributed by atoms with Crippen molar-refractivity contribution in [3.05, 3.63) is 89.2 Å². The van der Waals surface area contributed by atoms with Crippen LogP contribution in [-0.4, -0.2) is 43.5 Å². The van der Waals surface area contributed by atoms with Crippen molar-refractivity contribution in [2.45, 2.75) is 44.2 Å². The van der Waals surface area contributed by atoms with Crippen molar-refractivity contribution in [2.75, 3.05) is 17.9 Å². The monoisotopic (exact) mass is 479 g/mol. The lowest BCUT2D eigenvalue weighted by Crippen LogP contribution is -2.37. The molecule has 34 heavy (non-hydrogen) atoms. The minimum Gasteiger partial charge on any atom is -0.376 e. The van der Waals surface area contributed by atoms with Gasteiger partial charge in [-0.15, -0.1) is 0 Å². The Labute approximate surface area is 200 Å². The van der Waals surface area contributed by atoms with E-state index in [1.165, 1.54) is 0 Å². The number of anilines is 1. The fourth-order valence-corrected chi connectivity index (χ4v) is 5.07. The lowest BCUT2D eigenvalue weighted by atomic mass is 10.1. The van der Waals surface area contributed by atoms with Crippen LogP contribution in [0.4, 0.5) is 5.69 Å². The van der Waals surface area contributed by atoms with Crippen molar-refractivity contribution in [2.24, 2.45) is 0 Å². The zero-order valence-electron chi connectivity index (χ0n) is 19.4. The van der Waals surface area contributed by atoms with Crippen LogP contribution in [0.25, 0.3) is 0 Å². The van der Waals surface area contributed by atoms with Gasteiger partial charge in [-0.1, -0.05) is 35.9 Å². The Hall–Kier alpha value is -3.23. The number of rotatable bonds is 8. The number of hydrogen-bond acceptors (Lipinski definition) is 5. The van der Waals surface area contributed by atoms with Gasteiger partial charge in [0.05, 0.1) is 34.5 Å². The number of ether oxygens (including phenoxy) is 1. The molecular formula is C26H29N3O4S. The predicted octanol–water partition coefficient (Wildman–Crippen LogP) is 4.32. The number of aromatic nitrogens is 1. The summed E-state index contributed by atoms with van der Waals surface area (Å²) in [4.78, 5) is 20.1. The topological polar surface area (TPSA) is 88.6 Å². The average molecular weight is 480 g/mol. The van der Waals surface area contributed by atoms with Crippen LogP contribution in [0.5, 0.6) is 0 Å². The van der Waals surface area contributed by atoms with Gasteiger partial charge in [0.25, 0.3) is 15.9 Å². The Bertz CT molecular complexity index is 1250. The van der Waals surface area contributed by atoms with Crippen LogP contribution in [0.2, 0.25) is 0 Å². The number of nitrogens with one attached hydrogen (secondary N) is 1. The largest absolute Gasteiger partial charge is 0.376 e. The summed E-state index contributed by atoms with van der Waals surface area (Å²) in [6.07, 6.45) is 1.79. The number of aryl methyl sites for hydroxylation is 2. The van der Waals surface area contributed by atoms with Crippen LogP contribution in [0.15, 0.2) is 71.6 Å². The van der Waals surface area contributed by atoms with E-state index < -0.39 is 10.0 Å². The van der Waals surface area contributed by atoms with Gasteiger partial charge in [-0.2, -0.15) is 0 Å². The molecule has 1 N–H and O–H groups in total. The fourth-order valence-electron chi connectivity index (χ4n) is 3.99. The third kappa shape index (κ3) is 5.81. The maximum Gasteiger partial charge on any atom is 0.261 e. The van der Waals surface area contributed by atoms with E-state index in [2.05, 4.69) is 9.71 Å². The summed E-state index contributed by atoms with van der Waals surface area (Å²) in [6.45, 7) is 5.20. The van der Waals surface area contributed by atoms with Crippen LogP contribution in [-0.2, 0) is 21.3 Å². The molecule has 4 rings (SSSR count). The van der Waals surface area contributed by atoms with Crippen molar-refractivity contribution in [1.82, 2.24) is 9.88 Å². The number of sulfonamides is 1. The second-order valence-corrected chi connectivity index (χ2v) is 10.2. The molecule has 0 spiro atoms. The lowest BCUT2D eigenvalue weighted by Gasteiger charge is -2.26. The van der Waals surface area contributed by atoms with E-state index in [9.17, 15) is 13.2 Å². The Morgan fingerprint density at radius 2 is 1.82 bits per heavy atom. The smallest absolute Gasteiger partial charge is 0.261 e. The van der Waals surface area contributed by atoms with Crippen molar-refractivity contribution in [3.8, 4) is 0 Å². The molecule has 1 fully saturated rings. The number of para-hydroxylation sites is 1. The molecule has 2 heterocycles. The molecule has 1 aromatic heterocycles. The van der Waals surface area contributed by atoms with E-state index in [1.54, 1.807) is 53.4 Å². The maximum absolute atomic E-state index is 13.7. The standard InChI is InChI=1S/C26H29N3O4S/c1-19-12-14-23(15-13-19)34(31,32)28-25-11-4-3-10-24(25)26(30)29(18-22-9-6-16-33-22)17-21-8-5-7-20(2)27-21/h3-5,7-8,10-15,22,28H,6,9,16-18H2,1-2H3. The average Bonchev–Trinajstić information content (AvgIpc) is 3.32. The van der Waals surface area contributed by atoms with Gasteiger partial charge in [0, 0.05) is 18.8 Å². The van der Waals surface area contributed by atoms with Crippen LogP contribution >= 0.6 is 0 Å². The van der Waals surface area contributed by atoms with Crippen LogP contribution in [0, 0.1) is 13.8 Å². The van der Waals surface area contributed by atoms with Crippen molar-refractivity contribution in [1.29, 1.82) is 0 Å². The Kier molecular flexibility index (Phi) is 7.29. The van der Waals surface area contributed by atoms with Crippen molar-refractivity contribution < 1.29 is 17.9 Å². The molecule has 3 aromatic rings. The first kappa shape index (κ1) is 23.9. The first-order valence-electron chi connectivity index (χ1n) is 11.3. The number of benzene rings is 2. The molecule has 0 saturated carbocycles. The molecule has 1 atom stereocenters. The summed E-state index contributed by atoms with van der Waals surface area (Å²) in [5.74, 6) is -0.277. The van der Waals surface area contributed by atoms with E-state index in [1.807, 2.05) is 32.0 Å². The highest BCUT2D eigenvalue weighted by molar-refractivity contribution is 7.92. The van der Waals surface area contributed by atoms with Crippen molar-refractivity contribution >= 4 is 21.6 Å². The Balaban J connectivity index is 1.63. The predicted molar refractivity (Wildman–Crippen MR) is 131 cm³/mol. The van der Waals surface area contributed by atoms with Gasteiger partial charge >= 0.3 is 0 Å². The number of carbonyl (C=O) groups excluding carboxylic acids is 1. The Morgan fingerprint density at radius 3 is 2.53 bits per heavy atom. The lowest BCUT2D eigenvalue weighted by molar-refractivity contribution is 0.0505. The van der Waals surface area contributed by atoms with Gasteiger partial charge in [0.1, 0.15) is 0 Å². The van der Waals surface area contributed by atoms with Crippen molar-refractivity contribution in [3.63, 3.8) is 0 Å². The number of carbonyl (C=O) groups is 1. The highest BCUT2D eigenvalue weighted by atomic mass is 32.2. The molecule has 1 aliphatic rings. The third-order valence-corrected chi connectivity index (χ3v) is 7.15. The zero-order valence-corrected chi connectivity index (χ0v) is 20.2. The second kappa shape index (κ2) is 10.4. The van der Waals surface area contributed by atoms with Gasteiger partial charge in [0.2, 0.25) is 0 Å². The number of hydrogen-bond donors (Lipinski definition) is 1. The van der Waals surface area contributed by atoms with E-state index in [0.29, 0.717) is 19.7 Å². The molecule has 2 aromatic carbocycles. The first-order chi connectivity index (χ1) is 16.3. The second-order valence-electron chi connectivity index (χ2n) is 8.56. The minimum atomic E-state index is -3.86. The summed E-state index contributed by atoms with van der Waals surface area (Å²) in [7, 11) is -3.86. The molecule has 1 amide bonds. The molecule has 8 heteroatoms. The van der Waals surface area contributed by atoms with Gasteiger partial charge in [-0.3, -0.25) is 14.5 Å². The van der Waals surface area contributed by atoms with Gasteiger partial charge in [0.15, 0.2) is 0 Å². The number of pyridine rings is 1. The SMILES string of the molecule is Cc1ccc(S(=O)(=O)Nc2ccccc2C(=O)N(Cc2cccc(C)n2)CC2CCCO2)cc1. The normalized spacial score (nSPS) is 15.8. The van der Waals surface area contributed by atoms with Crippen LogP contribution in [0.1, 0.15) is 40.2 Å². The molecule has 7 nitrogen and oxygen atoms in total. The highest BCUT2D eigenvalue weighted by Crippen LogP contribution is 2.24. The van der Waals surface area contributed by atoms with Crippen LogP contribution in [0.3, 0.4) is 0 Å². The van der Waals surface area contributed by atoms with E-state index >= 15 is 0 Å². The number of amides is 1. The molecule has 178 valence electrons. The van der Waals surface area contributed by atoms with Gasteiger partial charge < -0.3 is 9.64 Å². The summed E-state index contributed by atoms with van der Waals surface area (Å²) in [5.41, 5.74) is 3.12. The summed E-state index contributed by atoms with van der Waals surface area (Å²) in [5, 5.41) is 0. The molecule has 0 radical (unpaired) electrons. The zero-order chi connectivity index (χ0) is 24.1.